The van der Waals surface area contributed by atoms with Crippen LogP contribution in [0.15, 0.2) is 30.3 Å². The van der Waals surface area contributed by atoms with Crippen LogP contribution in [0.1, 0.15) is 25.3 Å². The number of hydrogen-bond acceptors (Lipinski definition) is 2. The van der Waals surface area contributed by atoms with Crippen LogP contribution >= 0.6 is 0 Å². The molecule has 2 rings (SSSR count). The Labute approximate surface area is 117 Å². The molecule has 1 aromatic rings. The van der Waals surface area contributed by atoms with E-state index in [9.17, 15) is 0 Å². The van der Waals surface area contributed by atoms with E-state index in [0.29, 0.717) is 12.1 Å². The zero-order valence-electron chi connectivity index (χ0n) is 11.8. The highest BCUT2D eigenvalue weighted by Gasteiger charge is 2.23. The summed E-state index contributed by atoms with van der Waals surface area (Å²) in [6.45, 7) is 5.37. The van der Waals surface area contributed by atoms with Crippen molar-refractivity contribution in [2.75, 3.05) is 19.6 Å². The van der Waals surface area contributed by atoms with Crippen molar-refractivity contribution in [2.24, 2.45) is 0 Å². The van der Waals surface area contributed by atoms with Gasteiger partial charge >= 0.3 is 0 Å². The summed E-state index contributed by atoms with van der Waals surface area (Å²) in [6, 6.07) is 11.5. The van der Waals surface area contributed by atoms with Gasteiger partial charge in [0.25, 0.3) is 0 Å². The van der Waals surface area contributed by atoms with Gasteiger partial charge in [-0.15, -0.1) is 6.42 Å². The van der Waals surface area contributed by atoms with Crippen molar-refractivity contribution in [3.8, 4) is 12.3 Å². The molecule has 19 heavy (non-hydrogen) atoms. The molecule has 0 spiro atoms. The van der Waals surface area contributed by atoms with Gasteiger partial charge in [0.15, 0.2) is 0 Å². The number of benzene rings is 1. The van der Waals surface area contributed by atoms with Crippen molar-refractivity contribution >= 4 is 0 Å². The molecule has 0 aromatic heterocycles. The predicted molar refractivity (Wildman–Crippen MR) is 81.0 cm³/mol. The van der Waals surface area contributed by atoms with Crippen molar-refractivity contribution in [3.63, 3.8) is 0 Å². The average Bonchev–Trinajstić information content (AvgIpc) is 2.46. The van der Waals surface area contributed by atoms with Crippen molar-refractivity contribution in [1.29, 1.82) is 0 Å². The Morgan fingerprint density at radius 3 is 2.89 bits per heavy atom. The minimum absolute atomic E-state index is 0.311. The Bertz CT molecular complexity index is 407. The summed E-state index contributed by atoms with van der Waals surface area (Å²) in [7, 11) is 0. The average molecular weight is 256 g/mol. The molecule has 1 aliphatic rings. The SMILES string of the molecule is C#CC(CCC)N1CCNC(Cc2ccccc2)C1. The van der Waals surface area contributed by atoms with Gasteiger partial charge in [-0.2, -0.15) is 0 Å². The van der Waals surface area contributed by atoms with Gasteiger partial charge in [-0.1, -0.05) is 49.6 Å². The van der Waals surface area contributed by atoms with Gasteiger partial charge < -0.3 is 5.32 Å². The monoisotopic (exact) mass is 256 g/mol. The molecule has 0 radical (unpaired) electrons. The number of nitrogens with one attached hydrogen (secondary N) is 1. The Balaban J connectivity index is 1.92. The number of piperazine rings is 1. The molecule has 2 atom stereocenters. The van der Waals surface area contributed by atoms with E-state index in [4.69, 9.17) is 6.42 Å². The van der Waals surface area contributed by atoms with E-state index in [0.717, 1.165) is 38.9 Å². The minimum Gasteiger partial charge on any atom is -0.311 e. The summed E-state index contributed by atoms with van der Waals surface area (Å²) < 4.78 is 0. The molecule has 0 amide bonds. The van der Waals surface area contributed by atoms with Crippen LogP contribution in [0.2, 0.25) is 0 Å². The van der Waals surface area contributed by atoms with Gasteiger partial charge in [0.2, 0.25) is 0 Å². The lowest BCUT2D eigenvalue weighted by atomic mass is 10.0. The van der Waals surface area contributed by atoms with Crippen LogP contribution in [0.5, 0.6) is 0 Å². The van der Waals surface area contributed by atoms with Crippen LogP contribution in [0.4, 0.5) is 0 Å². The summed E-state index contributed by atoms with van der Waals surface area (Å²) in [4.78, 5) is 2.47. The molecule has 1 heterocycles. The fourth-order valence-corrected chi connectivity index (χ4v) is 2.81. The molecule has 1 saturated heterocycles. The third kappa shape index (κ3) is 4.09. The van der Waals surface area contributed by atoms with Gasteiger partial charge in [0.1, 0.15) is 0 Å². The maximum atomic E-state index is 5.68. The lowest BCUT2D eigenvalue weighted by Crippen LogP contribution is -2.54. The smallest absolute Gasteiger partial charge is 0.0712 e. The fourth-order valence-electron chi connectivity index (χ4n) is 2.81. The number of rotatable bonds is 5. The van der Waals surface area contributed by atoms with Crippen molar-refractivity contribution in [2.45, 2.75) is 38.3 Å². The predicted octanol–water partition coefficient (Wildman–Crippen LogP) is 2.30. The Hall–Kier alpha value is -1.30. The van der Waals surface area contributed by atoms with Crippen molar-refractivity contribution < 1.29 is 0 Å². The zero-order chi connectivity index (χ0) is 13.5. The summed E-state index contributed by atoms with van der Waals surface area (Å²) in [5.74, 6) is 2.96. The van der Waals surface area contributed by atoms with Crippen LogP contribution < -0.4 is 5.32 Å². The standard InChI is InChI=1S/C17H24N2/c1-3-8-17(4-2)19-12-11-18-16(14-19)13-15-9-6-5-7-10-15/h2,5-7,9-10,16-18H,3,8,11-14H2,1H3. The molecule has 2 unspecified atom stereocenters. The Morgan fingerprint density at radius 2 is 2.21 bits per heavy atom. The first-order chi connectivity index (χ1) is 9.33. The molecule has 0 bridgehead atoms. The maximum Gasteiger partial charge on any atom is 0.0712 e. The molecule has 2 nitrogen and oxygen atoms in total. The van der Waals surface area contributed by atoms with E-state index in [1.165, 1.54) is 5.56 Å². The van der Waals surface area contributed by atoms with Gasteiger partial charge in [-0.05, 0) is 18.4 Å². The van der Waals surface area contributed by atoms with E-state index in [1.807, 2.05) is 0 Å². The molecular weight excluding hydrogens is 232 g/mol. The van der Waals surface area contributed by atoms with E-state index in [-0.39, 0.29) is 0 Å². The number of hydrogen-bond donors (Lipinski definition) is 1. The second-order valence-electron chi connectivity index (χ2n) is 5.31. The van der Waals surface area contributed by atoms with Crippen LogP contribution in [-0.4, -0.2) is 36.6 Å². The van der Waals surface area contributed by atoms with Crippen LogP contribution in [-0.2, 0) is 6.42 Å². The summed E-state index contributed by atoms with van der Waals surface area (Å²) >= 11 is 0. The highest BCUT2D eigenvalue weighted by Crippen LogP contribution is 2.12. The van der Waals surface area contributed by atoms with E-state index < -0.39 is 0 Å². The summed E-state index contributed by atoms with van der Waals surface area (Å²) in [5.41, 5.74) is 1.40. The van der Waals surface area contributed by atoms with Crippen LogP contribution in [0.3, 0.4) is 0 Å². The molecule has 2 heteroatoms. The molecule has 1 fully saturated rings. The van der Waals surface area contributed by atoms with Crippen molar-refractivity contribution in [1.82, 2.24) is 10.2 Å². The summed E-state index contributed by atoms with van der Waals surface area (Å²) in [6.07, 6.45) is 9.02. The second kappa shape index (κ2) is 7.33. The molecular formula is C17H24N2. The normalized spacial score (nSPS) is 21.8. The molecule has 1 N–H and O–H groups in total. The second-order valence-corrected chi connectivity index (χ2v) is 5.31. The lowest BCUT2D eigenvalue weighted by Gasteiger charge is -2.37. The molecule has 102 valence electrons. The maximum absolute atomic E-state index is 5.68. The first kappa shape index (κ1) is 14.1. The van der Waals surface area contributed by atoms with Crippen molar-refractivity contribution in [3.05, 3.63) is 35.9 Å². The largest absolute Gasteiger partial charge is 0.311 e. The van der Waals surface area contributed by atoms with E-state index >= 15 is 0 Å². The van der Waals surface area contributed by atoms with Gasteiger partial charge in [0.05, 0.1) is 6.04 Å². The fraction of sp³-hybridized carbons (Fsp3) is 0.529. The first-order valence-electron chi connectivity index (χ1n) is 7.31. The van der Waals surface area contributed by atoms with Gasteiger partial charge in [-0.3, -0.25) is 4.90 Å². The lowest BCUT2D eigenvalue weighted by molar-refractivity contribution is 0.165. The van der Waals surface area contributed by atoms with Crippen LogP contribution in [0.25, 0.3) is 0 Å². The molecule has 0 saturated carbocycles. The first-order valence-corrected chi connectivity index (χ1v) is 7.31. The van der Waals surface area contributed by atoms with Crippen LogP contribution in [0, 0.1) is 12.3 Å². The number of nitrogens with zero attached hydrogens (tertiary/aromatic N) is 1. The van der Waals surface area contributed by atoms with E-state index in [2.05, 4.69) is 53.4 Å². The van der Waals surface area contributed by atoms with Gasteiger partial charge in [-0.25, -0.2) is 0 Å². The minimum atomic E-state index is 0.311. The summed E-state index contributed by atoms with van der Waals surface area (Å²) in [5, 5.41) is 3.61. The Morgan fingerprint density at radius 1 is 1.42 bits per heavy atom. The zero-order valence-corrected chi connectivity index (χ0v) is 11.8. The number of terminal acetylenes is 1. The van der Waals surface area contributed by atoms with E-state index in [1.54, 1.807) is 0 Å². The molecule has 0 aliphatic carbocycles. The quantitative estimate of drug-likeness (QED) is 0.813. The van der Waals surface area contributed by atoms with Gasteiger partial charge in [0, 0.05) is 25.7 Å². The highest BCUT2D eigenvalue weighted by atomic mass is 15.2. The Kier molecular flexibility index (Phi) is 5.44. The third-order valence-corrected chi connectivity index (χ3v) is 3.81. The molecule has 1 aliphatic heterocycles. The third-order valence-electron chi connectivity index (χ3n) is 3.81. The topological polar surface area (TPSA) is 15.3 Å². The molecule has 1 aromatic carbocycles. The highest BCUT2D eigenvalue weighted by molar-refractivity contribution is 5.16.